The van der Waals surface area contributed by atoms with E-state index in [2.05, 4.69) is 23.9 Å². The maximum absolute atomic E-state index is 12.3. The lowest BCUT2D eigenvalue weighted by molar-refractivity contribution is 0.547. The zero-order valence-corrected chi connectivity index (χ0v) is 14.2. The van der Waals surface area contributed by atoms with Crippen molar-refractivity contribution < 1.29 is 8.42 Å². The van der Waals surface area contributed by atoms with Gasteiger partial charge in [0.15, 0.2) is 0 Å². The van der Waals surface area contributed by atoms with Gasteiger partial charge in [0.2, 0.25) is 10.0 Å². The highest BCUT2D eigenvalue weighted by atomic mass is 32.2. The minimum absolute atomic E-state index is 0.245. The van der Waals surface area contributed by atoms with Gasteiger partial charge in [0.1, 0.15) is 0 Å². The van der Waals surface area contributed by atoms with Gasteiger partial charge < -0.3 is 9.88 Å². The van der Waals surface area contributed by atoms with E-state index in [1.165, 1.54) is 12.8 Å². The maximum atomic E-state index is 12.3. The first-order valence-corrected chi connectivity index (χ1v) is 9.21. The van der Waals surface area contributed by atoms with Crippen molar-refractivity contribution >= 4 is 10.0 Å². The van der Waals surface area contributed by atoms with E-state index in [4.69, 9.17) is 0 Å². The summed E-state index contributed by atoms with van der Waals surface area (Å²) in [5.74, 6) is 0.294. The normalized spacial score (nSPS) is 16.1. The standard InChI is InChI=1S/C15H27N3O2S/c1-11(2)8-17-21(19,20)15-7-14(9-16-13-5-6-13)18(10-15)12(3)4/h7,10-13,16-17H,5-6,8-9H2,1-4H3. The molecule has 1 fully saturated rings. The van der Waals surface area contributed by atoms with Crippen LogP contribution in [0.15, 0.2) is 17.2 Å². The van der Waals surface area contributed by atoms with Crippen LogP contribution in [0.1, 0.15) is 52.3 Å². The molecule has 0 amide bonds. The molecular weight excluding hydrogens is 286 g/mol. The van der Waals surface area contributed by atoms with Gasteiger partial charge in [-0.15, -0.1) is 0 Å². The van der Waals surface area contributed by atoms with Crippen molar-refractivity contribution in [2.24, 2.45) is 5.92 Å². The Bertz CT molecular complexity index is 572. The van der Waals surface area contributed by atoms with E-state index in [0.29, 0.717) is 23.4 Å². The van der Waals surface area contributed by atoms with Gasteiger partial charge in [-0.1, -0.05) is 13.8 Å². The van der Waals surface area contributed by atoms with Crippen LogP contribution in [0.25, 0.3) is 0 Å². The summed E-state index contributed by atoms with van der Waals surface area (Å²) in [7, 11) is -3.41. The fourth-order valence-corrected chi connectivity index (χ4v) is 3.43. The van der Waals surface area contributed by atoms with Crippen LogP contribution in [0.4, 0.5) is 0 Å². The monoisotopic (exact) mass is 313 g/mol. The minimum Gasteiger partial charge on any atom is -0.346 e. The number of rotatable bonds is 8. The number of nitrogens with one attached hydrogen (secondary N) is 2. The van der Waals surface area contributed by atoms with Gasteiger partial charge in [-0.3, -0.25) is 0 Å². The van der Waals surface area contributed by atoms with Crippen LogP contribution in [0.5, 0.6) is 0 Å². The first-order chi connectivity index (χ1) is 9.79. The van der Waals surface area contributed by atoms with Gasteiger partial charge >= 0.3 is 0 Å². The number of sulfonamides is 1. The molecule has 1 aliphatic rings. The fourth-order valence-electron chi connectivity index (χ4n) is 2.16. The first-order valence-electron chi connectivity index (χ1n) is 7.73. The Balaban J connectivity index is 2.16. The van der Waals surface area contributed by atoms with E-state index in [1.807, 2.05) is 18.4 Å². The average molecular weight is 313 g/mol. The van der Waals surface area contributed by atoms with E-state index >= 15 is 0 Å². The van der Waals surface area contributed by atoms with Gasteiger partial charge in [0, 0.05) is 37.1 Å². The summed E-state index contributed by atoms with van der Waals surface area (Å²) < 4.78 is 29.4. The molecule has 1 saturated carbocycles. The quantitative estimate of drug-likeness (QED) is 0.774. The molecule has 6 heteroatoms. The van der Waals surface area contributed by atoms with Crippen LogP contribution in [-0.4, -0.2) is 25.6 Å². The molecule has 1 heterocycles. The molecule has 0 aliphatic heterocycles. The molecule has 1 aromatic rings. The predicted octanol–water partition coefficient (Wildman–Crippen LogP) is 2.26. The van der Waals surface area contributed by atoms with E-state index in [1.54, 1.807) is 12.3 Å². The Morgan fingerprint density at radius 1 is 1.29 bits per heavy atom. The largest absolute Gasteiger partial charge is 0.346 e. The Morgan fingerprint density at radius 3 is 2.48 bits per heavy atom. The smallest absolute Gasteiger partial charge is 0.242 e. The summed E-state index contributed by atoms with van der Waals surface area (Å²) in [6.07, 6.45) is 4.20. The summed E-state index contributed by atoms with van der Waals surface area (Å²) in [6, 6.07) is 2.65. The second-order valence-electron chi connectivity index (χ2n) is 6.57. The lowest BCUT2D eigenvalue weighted by Crippen LogP contribution is -2.27. The molecule has 2 N–H and O–H groups in total. The van der Waals surface area contributed by atoms with Gasteiger partial charge in [0.05, 0.1) is 4.90 Å². The van der Waals surface area contributed by atoms with Crippen LogP contribution in [-0.2, 0) is 16.6 Å². The van der Waals surface area contributed by atoms with Crippen LogP contribution >= 0.6 is 0 Å². The molecule has 0 spiro atoms. The lowest BCUT2D eigenvalue weighted by Gasteiger charge is -2.13. The third kappa shape index (κ3) is 4.56. The third-order valence-corrected chi connectivity index (χ3v) is 4.99. The summed E-state index contributed by atoms with van der Waals surface area (Å²) in [4.78, 5) is 0.365. The van der Waals surface area contributed by atoms with Crippen LogP contribution in [0.2, 0.25) is 0 Å². The Hall–Kier alpha value is -0.850. The topological polar surface area (TPSA) is 63.1 Å². The van der Waals surface area contributed by atoms with Crippen molar-refractivity contribution in [3.63, 3.8) is 0 Å². The minimum atomic E-state index is -3.41. The van der Waals surface area contributed by atoms with Crippen LogP contribution in [0, 0.1) is 5.92 Å². The third-order valence-electron chi connectivity index (χ3n) is 3.60. The highest BCUT2D eigenvalue weighted by Gasteiger charge is 2.23. The molecule has 1 aromatic heterocycles. The summed E-state index contributed by atoms with van der Waals surface area (Å²) >= 11 is 0. The van der Waals surface area contributed by atoms with E-state index in [-0.39, 0.29) is 6.04 Å². The van der Waals surface area contributed by atoms with Crippen LogP contribution in [0.3, 0.4) is 0 Å². The van der Waals surface area contributed by atoms with E-state index < -0.39 is 10.0 Å². The summed E-state index contributed by atoms with van der Waals surface area (Å²) in [5, 5.41) is 3.45. The van der Waals surface area contributed by atoms with E-state index in [0.717, 1.165) is 12.2 Å². The molecule has 0 radical (unpaired) electrons. The number of nitrogens with zero attached hydrogens (tertiary/aromatic N) is 1. The molecule has 120 valence electrons. The van der Waals surface area contributed by atoms with Crippen molar-refractivity contribution in [3.8, 4) is 0 Å². The maximum Gasteiger partial charge on any atom is 0.242 e. The molecule has 21 heavy (non-hydrogen) atoms. The molecule has 0 aromatic carbocycles. The van der Waals surface area contributed by atoms with Crippen molar-refractivity contribution in [3.05, 3.63) is 18.0 Å². The molecule has 1 aliphatic carbocycles. The molecule has 5 nitrogen and oxygen atoms in total. The molecule has 0 bridgehead atoms. The van der Waals surface area contributed by atoms with Crippen molar-refractivity contribution in [1.29, 1.82) is 0 Å². The fraction of sp³-hybridized carbons (Fsp3) is 0.733. The molecule has 2 rings (SSSR count). The summed E-state index contributed by atoms with van der Waals surface area (Å²) in [5.41, 5.74) is 1.03. The van der Waals surface area contributed by atoms with Gasteiger partial charge in [-0.2, -0.15) is 0 Å². The Labute approximate surface area is 128 Å². The number of hydrogen-bond acceptors (Lipinski definition) is 3. The summed E-state index contributed by atoms with van der Waals surface area (Å²) in [6.45, 7) is 9.31. The number of hydrogen-bond donors (Lipinski definition) is 2. The predicted molar refractivity (Wildman–Crippen MR) is 84.7 cm³/mol. The Kier molecular flexibility index (Phi) is 5.11. The van der Waals surface area contributed by atoms with Crippen LogP contribution < -0.4 is 10.0 Å². The van der Waals surface area contributed by atoms with Crippen molar-refractivity contribution in [2.45, 2.75) is 64.1 Å². The second kappa shape index (κ2) is 6.50. The van der Waals surface area contributed by atoms with Gasteiger partial charge in [-0.25, -0.2) is 13.1 Å². The molecule has 0 atom stereocenters. The van der Waals surface area contributed by atoms with Gasteiger partial charge in [0.25, 0.3) is 0 Å². The average Bonchev–Trinajstić information content (AvgIpc) is 3.11. The second-order valence-corrected chi connectivity index (χ2v) is 8.34. The van der Waals surface area contributed by atoms with Gasteiger partial charge in [-0.05, 0) is 38.7 Å². The van der Waals surface area contributed by atoms with Crippen molar-refractivity contribution in [2.75, 3.05) is 6.54 Å². The highest BCUT2D eigenvalue weighted by Crippen LogP contribution is 2.22. The van der Waals surface area contributed by atoms with Crippen molar-refractivity contribution in [1.82, 2.24) is 14.6 Å². The zero-order valence-electron chi connectivity index (χ0n) is 13.4. The lowest BCUT2D eigenvalue weighted by atomic mass is 10.2. The van der Waals surface area contributed by atoms with E-state index in [9.17, 15) is 8.42 Å². The molecule has 0 saturated heterocycles. The SMILES string of the molecule is CC(C)CNS(=O)(=O)c1cc(CNC2CC2)n(C(C)C)c1. The highest BCUT2D eigenvalue weighted by molar-refractivity contribution is 7.89. The Morgan fingerprint density at radius 2 is 1.95 bits per heavy atom. The molecular formula is C15H27N3O2S. The number of aromatic nitrogens is 1. The molecule has 0 unspecified atom stereocenters. The zero-order chi connectivity index (χ0) is 15.6. The first kappa shape index (κ1) is 16.5.